The van der Waals surface area contributed by atoms with Crippen molar-refractivity contribution in [2.24, 2.45) is 0 Å². The Morgan fingerprint density at radius 3 is 2.92 bits per heavy atom. The quantitative estimate of drug-likeness (QED) is 0.165. The summed E-state index contributed by atoms with van der Waals surface area (Å²) in [5.74, 6) is 1.53. The molecule has 1 atom stereocenters. The van der Waals surface area contributed by atoms with E-state index in [0.29, 0.717) is 50.8 Å². The van der Waals surface area contributed by atoms with Gasteiger partial charge in [0.05, 0.1) is 27.7 Å². The number of thioether (sulfide) groups is 1. The standard InChI is InChI=1S/C26H28Cl2N6O2S2/c1-17-6-2-3-11-33(17)12-5-10-29-25(35)21-15-37-23(30-21)16-38-26-32-31-24(22-7-4-13-36-22)34(26)18-8-9-19(27)20(28)14-18/h4,7-9,13-15,17H,2-3,5-6,10-12,16H2,1H3,(H,29,35). The lowest BCUT2D eigenvalue weighted by Crippen LogP contribution is -2.39. The third kappa shape index (κ3) is 6.43. The van der Waals surface area contributed by atoms with Crippen molar-refractivity contribution in [3.05, 3.63) is 62.7 Å². The molecule has 4 heterocycles. The number of piperidine rings is 1. The third-order valence-electron chi connectivity index (χ3n) is 6.49. The Morgan fingerprint density at radius 1 is 1.24 bits per heavy atom. The predicted molar refractivity (Wildman–Crippen MR) is 153 cm³/mol. The summed E-state index contributed by atoms with van der Waals surface area (Å²) in [6, 6.07) is 9.61. The van der Waals surface area contributed by atoms with Crippen LogP contribution in [0.15, 0.2) is 51.5 Å². The highest BCUT2D eigenvalue weighted by Gasteiger charge is 2.20. The molecule has 1 fully saturated rings. The summed E-state index contributed by atoms with van der Waals surface area (Å²) in [6.45, 7) is 5.10. The van der Waals surface area contributed by atoms with Gasteiger partial charge in [-0.15, -0.1) is 21.5 Å². The summed E-state index contributed by atoms with van der Waals surface area (Å²) in [5.41, 5.74) is 1.20. The Kier molecular flexibility index (Phi) is 9.06. The van der Waals surface area contributed by atoms with Crippen LogP contribution in [-0.2, 0) is 5.75 Å². The second kappa shape index (κ2) is 12.7. The second-order valence-electron chi connectivity index (χ2n) is 9.12. The number of thiazole rings is 1. The number of nitrogens with one attached hydrogen (secondary N) is 1. The lowest BCUT2D eigenvalue weighted by molar-refractivity contribution is 0.0944. The molecule has 0 bridgehead atoms. The van der Waals surface area contributed by atoms with Crippen LogP contribution in [0.25, 0.3) is 17.3 Å². The van der Waals surface area contributed by atoms with E-state index in [-0.39, 0.29) is 5.91 Å². The number of furan rings is 1. The summed E-state index contributed by atoms with van der Waals surface area (Å²) >= 11 is 15.3. The molecule has 1 aliphatic heterocycles. The first-order valence-corrected chi connectivity index (χ1v) is 15.2. The molecule has 1 amide bonds. The molecule has 12 heteroatoms. The highest BCUT2D eigenvalue weighted by molar-refractivity contribution is 7.98. The largest absolute Gasteiger partial charge is 0.461 e. The van der Waals surface area contributed by atoms with E-state index < -0.39 is 0 Å². The van der Waals surface area contributed by atoms with Crippen LogP contribution in [0.4, 0.5) is 0 Å². The molecule has 0 spiro atoms. The molecule has 1 N–H and O–H groups in total. The van der Waals surface area contributed by atoms with Gasteiger partial charge < -0.3 is 14.6 Å². The number of hydrogen-bond donors (Lipinski definition) is 1. The molecule has 1 saturated heterocycles. The lowest BCUT2D eigenvalue weighted by Gasteiger charge is -2.33. The van der Waals surface area contributed by atoms with E-state index in [1.54, 1.807) is 29.8 Å². The van der Waals surface area contributed by atoms with E-state index in [1.807, 2.05) is 16.7 Å². The van der Waals surface area contributed by atoms with Gasteiger partial charge in [0.15, 0.2) is 10.9 Å². The Hall–Kier alpha value is -2.37. The molecule has 0 saturated carbocycles. The molecule has 4 aromatic rings. The van der Waals surface area contributed by atoms with Crippen LogP contribution in [0, 0.1) is 0 Å². The van der Waals surface area contributed by atoms with Crippen LogP contribution >= 0.6 is 46.3 Å². The van der Waals surface area contributed by atoms with Gasteiger partial charge in [-0.25, -0.2) is 4.98 Å². The fraction of sp³-hybridized carbons (Fsp3) is 0.385. The number of benzene rings is 1. The minimum absolute atomic E-state index is 0.136. The molecule has 38 heavy (non-hydrogen) atoms. The highest BCUT2D eigenvalue weighted by Crippen LogP contribution is 2.33. The minimum atomic E-state index is -0.136. The van der Waals surface area contributed by atoms with Crippen molar-refractivity contribution in [1.29, 1.82) is 0 Å². The maximum Gasteiger partial charge on any atom is 0.270 e. The van der Waals surface area contributed by atoms with Crippen molar-refractivity contribution in [3.63, 3.8) is 0 Å². The minimum Gasteiger partial charge on any atom is -0.461 e. The highest BCUT2D eigenvalue weighted by atomic mass is 35.5. The van der Waals surface area contributed by atoms with Crippen LogP contribution in [0.5, 0.6) is 0 Å². The van der Waals surface area contributed by atoms with Gasteiger partial charge in [0.1, 0.15) is 10.7 Å². The number of carbonyl (C=O) groups excluding carboxylic acids is 1. The summed E-state index contributed by atoms with van der Waals surface area (Å²) in [6.07, 6.45) is 6.37. The van der Waals surface area contributed by atoms with Crippen molar-refractivity contribution >= 4 is 52.2 Å². The Morgan fingerprint density at radius 2 is 2.13 bits per heavy atom. The molecule has 0 radical (unpaired) electrons. The average Bonchev–Trinajstić information content (AvgIpc) is 3.69. The van der Waals surface area contributed by atoms with Crippen molar-refractivity contribution in [1.82, 2.24) is 30.0 Å². The van der Waals surface area contributed by atoms with Crippen molar-refractivity contribution in [2.45, 2.75) is 49.6 Å². The number of halogens is 2. The van der Waals surface area contributed by atoms with E-state index >= 15 is 0 Å². The molecule has 0 aliphatic carbocycles. The van der Waals surface area contributed by atoms with Gasteiger partial charge in [-0.05, 0) is 63.1 Å². The molecule has 1 aromatic carbocycles. The lowest BCUT2D eigenvalue weighted by atomic mass is 10.0. The Labute approximate surface area is 239 Å². The van der Waals surface area contributed by atoms with Crippen molar-refractivity contribution in [3.8, 4) is 17.3 Å². The Bertz CT molecular complexity index is 1370. The van der Waals surface area contributed by atoms with Crippen LogP contribution < -0.4 is 5.32 Å². The SMILES string of the molecule is CC1CCCCN1CCCNC(=O)c1csc(CSc2nnc(-c3ccco3)n2-c2ccc(Cl)c(Cl)c2)n1. The maximum atomic E-state index is 12.6. The van der Waals surface area contributed by atoms with Gasteiger partial charge >= 0.3 is 0 Å². The first kappa shape index (κ1) is 27.2. The molecular weight excluding hydrogens is 563 g/mol. The van der Waals surface area contributed by atoms with Crippen molar-refractivity contribution in [2.75, 3.05) is 19.6 Å². The number of nitrogens with zero attached hydrogens (tertiary/aromatic N) is 5. The predicted octanol–water partition coefficient (Wildman–Crippen LogP) is 6.58. The molecule has 1 unspecified atom stereocenters. The fourth-order valence-corrected chi connectivity index (χ4v) is 6.49. The molecular formula is C26H28Cl2N6O2S2. The number of aromatic nitrogens is 4. The summed E-state index contributed by atoms with van der Waals surface area (Å²) < 4.78 is 7.44. The number of hydrogen-bond acceptors (Lipinski definition) is 8. The first-order valence-electron chi connectivity index (χ1n) is 12.5. The van der Waals surface area contributed by atoms with Gasteiger partial charge in [0.2, 0.25) is 5.82 Å². The number of carbonyl (C=O) groups is 1. The van der Waals surface area contributed by atoms with Crippen LogP contribution in [0.2, 0.25) is 10.0 Å². The van der Waals surface area contributed by atoms with Crippen LogP contribution in [-0.4, -0.2) is 56.2 Å². The van der Waals surface area contributed by atoms with Crippen molar-refractivity contribution < 1.29 is 9.21 Å². The number of amides is 1. The van der Waals surface area contributed by atoms with E-state index in [1.165, 1.54) is 42.4 Å². The third-order valence-corrected chi connectivity index (χ3v) is 9.20. The summed E-state index contributed by atoms with van der Waals surface area (Å²) in [4.78, 5) is 19.7. The molecule has 5 rings (SSSR count). The zero-order valence-corrected chi connectivity index (χ0v) is 24.0. The molecule has 8 nitrogen and oxygen atoms in total. The smallest absolute Gasteiger partial charge is 0.270 e. The second-order valence-corrected chi connectivity index (χ2v) is 11.8. The average molecular weight is 592 g/mol. The van der Waals surface area contributed by atoms with E-state index in [2.05, 4.69) is 32.3 Å². The number of rotatable bonds is 10. The van der Waals surface area contributed by atoms with E-state index in [0.717, 1.165) is 30.2 Å². The van der Waals surface area contributed by atoms with Gasteiger partial charge in [-0.3, -0.25) is 9.36 Å². The van der Waals surface area contributed by atoms with Gasteiger partial charge in [-0.1, -0.05) is 41.4 Å². The topological polar surface area (TPSA) is 89.1 Å². The maximum absolute atomic E-state index is 12.6. The summed E-state index contributed by atoms with van der Waals surface area (Å²) in [5, 5.41) is 15.9. The van der Waals surface area contributed by atoms with Gasteiger partial charge in [0.25, 0.3) is 5.91 Å². The van der Waals surface area contributed by atoms with Gasteiger partial charge in [-0.2, -0.15) is 0 Å². The zero-order valence-electron chi connectivity index (χ0n) is 20.9. The molecule has 3 aromatic heterocycles. The zero-order chi connectivity index (χ0) is 26.5. The molecule has 1 aliphatic rings. The number of likely N-dealkylation sites (tertiary alicyclic amines) is 1. The normalized spacial score (nSPS) is 16.1. The summed E-state index contributed by atoms with van der Waals surface area (Å²) in [7, 11) is 0. The van der Waals surface area contributed by atoms with Crippen LogP contribution in [0.3, 0.4) is 0 Å². The van der Waals surface area contributed by atoms with E-state index in [4.69, 9.17) is 27.6 Å². The monoisotopic (exact) mass is 590 g/mol. The first-order chi connectivity index (χ1) is 18.5. The fourth-order valence-electron chi connectivity index (χ4n) is 4.46. The molecule has 200 valence electrons. The van der Waals surface area contributed by atoms with Crippen LogP contribution in [0.1, 0.15) is 48.1 Å². The van der Waals surface area contributed by atoms with Gasteiger partial charge in [0, 0.05) is 24.5 Å². The van der Waals surface area contributed by atoms with E-state index in [9.17, 15) is 4.79 Å². The Balaban J connectivity index is 1.21.